The van der Waals surface area contributed by atoms with Gasteiger partial charge in [-0.05, 0) is 31.5 Å². The molecule has 0 heterocycles. The number of hydrogen-bond donors (Lipinski definition) is 3. The van der Waals surface area contributed by atoms with Gasteiger partial charge < -0.3 is 17.2 Å². The highest BCUT2D eigenvalue weighted by molar-refractivity contribution is 4.70. The van der Waals surface area contributed by atoms with Gasteiger partial charge in [-0.3, -0.25) is 0 Å². The summed E-state index contributed by atoms with van der Waals surface area (Å²) in [5.74, 6) is 0.921. The van der Waals surface area contributed by atoms with Gasteiger partial charge in [0.2, 0.25) is 0 Å². The van der Waals surface area contributed by atoms with Crippen molar-refractivity contribution in [2.45, 2.75) is 13.3 Å². The third-order valence-corrected chi connectivity index (χ3v) is 2.10. The summed E-state index contributed by atoms with van der Waals surface area (Å²) in [5, 5.41) is 0. The normalized spacial score (nSPS) is 14.1. The molecular weight excluding hydrogens is 126 g/mol. The van der Waals surface area contributed by atoms with Crippen molar-refractivity contribution in [2.75, 3.05) is 19.6 Å². The molecule has 0 fully saturated rings. The maximum Gasteiger partial charge on any atom is -0.00337 e. The lowest BCUT2D eigenvalue weighted by atomic mass is 9.90. The molecule has 0 aliphatic carbocycles. The second-order valence-electron chi connectivity index (χ2n) is 2.64. The Hall–Kier alpha value is -0.120. The van der Waals surface area contributed by atoms with Crippen molar-refractivity contribution in [3.63, 3.8) is 0 Å². The quantitative estimate of drug-likeness (QED) is 0.488. The highest BCUT2D eigenvalue weighted by Gasteiger charge is 2.14. The SMILES string of the molecule is CCC(CN)C(CN)CN. The Balaban J connectivity index is 3.70. The summed E-state index contributed by atoms with van der Waals surface area (Å²) in [6.07, 6.45) is 1.08. The fraction of sp³-hybridized carbons (Fsp3) is 1.00. The van der Waals surface area contributed by atoms with Gasteiger partial charge >= 0.3 is 0 Å². The van der Waals surface area contributed by atoms with Crippen molar-refractivity contribution in [2.24, 2.45) is 29.0 Å². The largest absolute Gasteiger partial charge is 0.330 e. The van der Waals surface area contributed by atoms with Gasteiger partial charge in [-0.15, -0.1) is 0 Å². The molecule has 0 aliphatic heterocycles. The van der Waals surface area contributed by atoms with Crippen molar-refractivity contribution < 1.29 is 0 Å². The second kappa shape index (κ2) is 5.65. The van der Waals surface area contributed by atoms with E-state index in [0.717, 1.165) is 6.42 Å². The minimum Gasteiger partial charge on any atom is -0.330 e. The Kier molecular flexibility index (Phi) is 5.58. The van der Waals surface area contributed by atoms with Gasteiger partial charge in [0.25, 0.3) is 0 Å². The second-order valence-corrected chi connectivity index (χ2v) is 2.64. The van der Waals surface area contributed by atoms with E-state index in [-0.39, 0.29) is 0 Å². The minimum absolute atomic E-state index is 0.412. The molecule has 0 spiro atoms. The van der Waals surface area contributed by atoms with Crippen LogP contribution < -0.4 is 17.2 Å². The van der Waals surface area contributed by atoms with Gasteiger partial charge in [0.15, 0.2) is 0 Å². The first-order valence-electron chi connectivity index (χ1n) is 3.90. The van der Waals surface area contributed by atoms with Crippen LogP contribution in [0.15, 0.2) is 0 Å². The van der Waals surface area contributed by atoms with E-state index in [4.69, 9.17) is 17.2 Å². The third kappa shape index (κ3) is 2.64. The molecule has 0 saturated heterocycles. The number of rotatable bonds is 5. The van der Waals surface area contributed by atoms with E-state index in [1.807, 2.05) is 0 Å². The van der Waals surface area contributed by atoms with Crippen LogP contribution in [0.1, 0.15) is 13.3 Å². The average Bonchev–Trinajstić information content (AvgIpc) is 2.00. The van der Waals surface area contributed by atoms with E-state index in [1.165, 1.54) is 0 Å². The first-order chi connectivity index (χ1) is 4.79. The average molecular weight is 145 g/mol. The van der Waals surface area contributed by atoms with E-state index in [1.54, 1.807) is 0 Å². The molecular formula is C7H19N3. The van der Waals surface area contributed by atoms with E-state index in [0.29, 0.717) is 31.5 Å². The van der Waals surface area contributed by atoms with Crippen LogP contribution in [0.4, 0.5) is 0 Å². The molecule has 0 bridgehead atoms. The Labute approximate surface area is 62.9 Å². The lowest BCUT2D eigenvalue weighted by molar-refractivity contribution is 0.345. The van der Waals surface area contributed by atoms with Gasteiger partial charge in [-0.1, -0.05) is 13.3 Å². The lowest BCUT2D eigenvalue weighted by Crippen LogP contribution is -2.34. The zero-order valence-electron chi connectivity index (χ0n) is 6.72. The van der Waals surface area contributed by atoms with Crippen LogP contribution in [0.2, 0.25) is 0 Å². The molecule has 0 aliphatic rings. The van der Waals surface area contributed by atoms with Crippen molar-refractivity contribution >= 4 is 0 Å². The summed E-state index contributed by atoms with van der Waals surface area (Å²) < 4.78 is 0. The summed E-state index contributed by atoms with van der Waals surface area (Å²) in [6.45, 7) is 4.14. The first kappa shape index (κ1) is 9.88. The molecule has 0 rings (SSSR count). The predicted molar refractivity (Wildman–Crippen MR) is 44.4 cm³/mol. The molecule has 0 radical (unpaired) electrons. The molecule has 0 aromatic heterocycles. The van der Waals surface area contributed by atoms with Crippen LogP contribution in [-0.4, -0.2) is 19.6 Å². The van der Waals surface area contributed by atoms with Crippen LogP contribution >= 0.6 is 0 Å². The van der Waals surface area contributed by atoms with Crippen LogP contribution in [0.3, 0.4) is 0 Å². The molecule has 0 amide bonds. The Morgan fingerprint density at radius 3 is 1.40 bits per heavy atom. The fourth-order valence-corrected chi connectivity index (χ4v) is 1.17. The van der Waals surface area contributed by atoms with Crippen molar-refractivity contribution in [1.29, 1.82) is 0 Å². The fourth-order valence-electron chi connectivity index (χ4n) is 1.17. The van der Waals surface area contributed by atoms with Crippen LogP contribution in [0, 0.1) is 11.8 Å². The lowest BCUT2D eigenvalue weighted by Gasteiger charge is -2.21. The predicted octanol–water partition coefficient (Wildman–Crippen LogP) is -0.495. The topological polar surface area (TPSA) is 78.1 Å². The maximum atomic E-state index is 5.52. The van der Waals surface area contributed by atoms with E-state index in [2.05, 4.69) is 6.92 Å². The van der Waals surface area contributed by atoms with Gasteiger partial charge in [0, 0.05) is 0 Å². The van der Waals surface area contributed by atoms with Gasteiger partial charge in [0.05, 0.1) is 0 Å². The number of nitrogens with two attached hydrogens (primary N) is 3. The molecule has 3 nitrogen and oxygen atoms in total. The highest BCUT2D eigenvalue weighted by Crippen LogP contribution is 2.11. The molecule has 62 valence electrons. The Morgan fingerprint density at radius 2 is 1.30 bits per heavy atom. The van der Waals surface area contributed by atoms with Crippen LogP contribution in [0.25, 0.3) is 0 Å². The van der Waals surface area contributed by atoms with Crippen LogP contribution in [0.5, 0.6) is 0 Å². The molecule has 0 aromatic rings. The zero-order chi connectivity index (χ0) is 7.98. The van der Waals surface area contributed by atoms with Gasteiger partial charge in [0.1, 0.15) is 0 Å². The highest BCUT2D eigenvalue weighted by atomic mass is 14.7. The van der Waals surface area contributed by atoms with E-state index >= 15 is 0 Å². The van der Waals surface area contributed by atoms with Crippen LogP contribution in [-0.2, 0) is 0 Å². The molecule has 0 aromatic carbocycles. The summed E-state index contributed by atoms with van der Waals surface area (Å²) >= 11 is 0. The molecule has 1 unspecified atom stereocenters. The monoisotopic (exact) mass is 145 g/mol. The molecule has 6 N–H and O–H groups in total. The van der Waals surface area contributed by atoms with Gasteiger partial charge in [-0.25, -0.2) is 0 Å². The molecule has 10 heavy (non-hydrogen) atoms. The first-order valence-corrected chi connectivity index (χ1v) is 3.90. The van der Waals surface area contributed by atoms with Crippen molar-refractivity contribution in [3.05, 3.63) is 0 Å². The summed E-state index contributed by atoms with van der Waals surface area (Å²) in [4.78, 5) is 0. The van der Waals surface area contributed by atoms with E-state index in [9.17, 15) is 0 Å². The maximum absolute atomic E-state index is 5.52. The third-order valence-electron chi connectivity index (χ3n) is 2.10. The van der Waals surface area contributed by atoms with Crippen molar-refractivity contribution in [1.82, 2.24) is 0 Å². The number of hydrogen-bond acceptors (Lipinski definition) is 3. The summed E-state index contributed by atoms with van der Waals surface area (Å²) in [6, 6.07) is 0. The summed E-state index contributed by atoms with van der Waals surface area (Å²) in [5.41, 5.74) is 16.5. The molecule has 3 heteroatoms. The minimum atomic E-state index is 0.412. The van der Waals surface area contributed by atoms with E-state index < -0.39 is 0 Å². The smallest absolute Gasteiger partial charge is 0.00337 e. The zero-order valence-corrected chi connectivity index (χ0v) is 6.72. The Bertz CT molecular complexity index is 57.3. The molecule has 0 saturated carbocycles. The Morgan fingerprint density at radius 1 is 0.900 bits per heavy atom. The van der Waals surface area contributed by atoms with Crippen molar-refractivity contribution in [3.8, 4) is 0 Å². The standard InChI is InChI=1S/C7H19N3/c1-2-6(3-8)7(4-9)5-10/h6-7H,2-5,8-10H2,1H3. The van der Waals surface area contributed by atoms with Gasteiger partial charge in [-0.2, -0.15) is 0 Å². The molecule has 1 atom stereocenters. The summed E-state index contributed by atoms with van der Waals surface area (Å²) in [7, 11) is 0.